The second kappa shape index (κ2) is 5.73. The van der Waals surface area contributed by atoms with Crippen LogP contribution in [0.3, 0.4) is 0 Å². The third kappa shape index (κ3) is 3.53. The molecule has 2 rings (SSSR count). The molecule has 0 aromatic rings. The second-order valence-electron chi connectivity index (χ2n) is 5.23. The third-order valence-corrected chi connectivity index (χ3v) is 13.7. The van der Waals surface area contributed by atoms with E-state index in [2.05, 4.69) is 0 Å². The number of hydrogen-bond donors (Lipinski definition) is 0. The second-order valence-corrected chi connectivity index (χ2v) is 12.5. The topological polar surface area (TPSA) is 0 Å². The molecule has 0 radical (unpaired) electrons. The first-order valence-corrected chi connectivity index (χ1v) is 14.2. The van der Waals surface area contributed by atoms with Gasteiger partial charge in [-0.15, -0.1) is 0 Å². The van der Waals surface area contributed by atoms with E-state index in [-0.39, 0.29) is 24.6 Å². The van der Waals surface area contributed by atoms with Gasteiger partial charge in [-0.2, -0.15) is 0 Å². The normalized spacial score (nSPS) is 25.2. The Kier molecular flexibility index (Phi) is 4.61. The molecule has 0 aliphatic heterocycles. The Bertz CT molecular complexity index is 116. The molecule has 2 aliphatic carbocycles. The van der Waals surface area contributed by atoms with Crippen LogP contribution in [-0.4, -0.2) is 0 Å². The molecular weight excluding hydrogens is 345 g/mol. The zero-order valence-electron chi connectivity index (χ0n) is 8.93. The van der Waals surface area contributed by atoms with Crippen LogP contribution in [0.5, 0.6) is 0 Å². The molecule has 13 heavy (non-hydrogen) atoms. The van der Waals surface area contributed by atoms with Crippen molar-refractivity contribution in [2.45, 2.75) is 59.2 Å². The molecule has 0 bridgehead atoms. The van der Waals surface area contributed by atoms with Crippen molar-refractivity contribution in [3.63, 3.8) is 0 Å². The molecule has 2 saturated carbocycles. The average Bonchev–Trinajstić information content (AvgIpc) is 2.75. The van der Waals surface area contributed by atoms with Gasteiger partial charge in [-0.3, -0.25) is 0 Å². The monoisotopic (exact) mass is 368 g/mol. The molecule has 0 nitrogen and oxygen atoms in total. The number of hydrogen-bond acceptors (Lipinski definition) is 0. The SMILES string of the molecule is C1CCC([CH2][Hg][CH2]C2CCCC2)C1. The molecule has 0 amide bonds. The molecule has 0 saturated heterocycles. The van der Waals surface area contributed by atoms with E-state index in [9.17, 15) is 0 Å². The van der Waals surface area contributed by atoms with E-state index in [1.807, 2.05) is 0 Å². The van der Waals surface area contributed by atoms with E-state index in [1.54, 1.807) is 59.2 Å². The van der Waals surface area contributed by atoms with Crippen molar-refractivity contribution in [1.82, 2.24) is 0 Å². The molecule has 2 aliphatic rings. The molecule has 0 N–H and O–H groups in total. The van der Waals surface area contributed by atoms with Crippen molar-refractivity contribution in [3.8, 4) is 0 Å². The summed E-state index contributed by atoms with van der Waals surface area (Å²) >= 11 is -0.358. The van der Waals surface area contributed by atoms with Crippen LogP contribution in [0.15, 0.2) is 0 Å². The predicted octanol–water partition coefficient (Wildman–Crippen LogP) is 4.29. The van der Waals surface area contributed by atoms with Crippen LogP contribution in [0, 0.1) is 11.8 Å². The standard InChI is InChI=1S/2C6H11.Hg/c2*1-6-4-2-3-5-6;/h2*6H,1-5H2;. The van der Waals surface area contributed by atoms with E-state index in [0.29, 0.717) is 0 Å². The summed E-state index contributed by atoms with van der Waals surface area (Å²) in [5.74, 6) is 2.45. The molecule has 0 spiro atoms. The Labute approximate surface area is 95.3 Å². The van der Waals surface area contributed by atoms with E-state index in [4.69, 9.17) is 0 Å². The fourth-order valence-corrected chi connectivity index (χ4v) is 13.2. The molecule has 2 fully saturated rings. The molecule has 0 unspecified atom stereocenters. The zero-order valence-corrected chi connectivity index (χ0v) is 14.4. The summed E-state index contributed by atoms with van der Waals surface area (Å²) in [5.41, 5.74) is 0. The maximum atomic E-state index is 1.77. The quantitative estimate of drug-likeness (QED) is 0.651. The van der Waals surface area contributed by atoms with Crippen LogP contribution in [0.1, 0.15) is 51.4 Å². The van der Waals surface area contributed by atoms with Crippen LogP contribution in [0.25, 0.3) is 0 Å². The van der Waals surface area contributed by atoms with E-state index in [1.165, 1.54) is 11.8 Å². The van der Waals surface area contributed by atoms with Crippen LogP contribution in [-0.2, 0) is 24.6 Å². The van der Waals surface area contributed by atoms with Gasteiger partial charge >= 0.3 is 95.6 Å². The van der Waals surface area contributed by atoms with Gasteiger partial charge in [0.05, 0.1) is 0 Å². The van der Waals surface area contributed by atoms with Gasteiger partial charge in [-0.05, 0) is 0 Å². The average molecular weight is 367 g/mol. The predicted molar refractivity (Wildman–Crippen MR) is 53.5 cm³/mol. The van der Waals surface area contributed by atoms with E-state index < -0.39 is 0 Å². The molecule has 0 aromatic carbocycles. The van der Waals surface area contributed by atoms with Gasteiger partial charge in [0.15, 0.2) is 0 Å². The van der Waals surface area contributed by atoms with E-state index >= 15 is 0 Å². The Morgan fingerprint density at radius 1 is 0.692 bits per heavy atom. The van der Waals surface area contributed by atoms with Gasteiger partial charge in [0.2, 0.25) is 0 Å². The van der Waals surface area contributed by atoms with Gasteiger partial charge < -0.3 is 0 Å². The summed E-state index contributed by atoms with van der Waals surface area (Å²) in [6.45, 7) is 0. The molecule has 0 atom stereocenters. The summed E-state index contributed by atoms with van der Waals surface area (Å²) in [4.78, 5) is 0. The van der Waals surface area contributed by atoms with Crippen molar-refractivity contribution in [1.29, 1.82) is 0 Å². The first-order chi connectivity index (χ1) is 6.45. The summed E-state index contributed by atoms with van der Waals surface area (Å²) < 4.78 is 3.55. The Morgan fingerprint density at radius 2 is 1.08 bits per heavy atom. The van der Waals surface area contributed by atoms with Crippen LogP contribution in [0.2, 0.25) is 7.86 Å². The number of rotatable bonds is 4. The molecular formula is C12H22Hg. The molecule has 1 heteroatoms. The molecule has 0 aromatic heterocycles. The minimum absolute atomic E-state index is 0.358. The van der Waals surface area contributed by atoms with Crippen molar-refractivity contribution in [2.24, 2.45) is 11.8 Å². The minimum atomic E-state index is -0.358. The van der Waals surface area contributed by atoms with Crippen LogP contribution >= 0.6 is 0 Å². The van der Waals surface area contributed by atoms with Gasteiger partial charge in [0.1, 0.15) is 0 Å². The van der Waals surface area contributed by atoms with E-state index in [0.717, 1.165) is 0 Å². The van der Waals surface area contributed by atoms with Gasteiger partial charge in [-0.25, -0.2) is 0 Å². The Morgan fingerprint density at radius 3 is 1.46 bits per heavy atom. The summed E-state index contributed by atoms with van der Waals surface area (Å²) in [5, 5.41) is 0. The van der Waals surface area contributed by atoms with Gasteiger partial charge in [0, 0.05) is 0 Å². The first kappa shape index (κ1) is 10.5. The maximum absolute atomic E-state index is 1.77. The van der Waals surface area contributed by atoms with Gasteiger partial charge in [-0.1, -0.05) is 0 Å². The third-order valence-electron chi connectivity index (χ3n) is 4.17. The molecule has 0 heterocycles. The van der Waals surface area contributed by atoms with Crippen molar-refractivity contribution in [3.05, 3.63) is 0 Å². The summed E-state index contributed by atoms with van der Waals surface area (Å²) in [6.07, 6.45) is 12.6. The van der Waals surface area contributed by atoms with Crippen molar-refractivity contribution in [2.75, 3.05) is 0 Å². The van der Waals surface area contributed by atoms with Crippen LogP contribution in [0.4, 0.5) is 0 Å². The fraction of sp³-hybridized carbons (Fsp3) is 1.00. The Balaban J connectivity index is 1.52. The van der Waals surface area contributed by atoms with Crippen molar-refractivity contribution < 1.29 is 24.6 Å². The summed E-state index contributed by atoms with van der Waals surface area (Å²) in [7, 11) is 0. The fourth-order valence-electron chi connectivity index (χ4n) is 3.29. The Hall–Kier alpha value is 0.935. The van der Waals surface area contributed by atoms with Crippen LogP contribution < -0.4 is 0 Å². The summed E-state index contributed by atoms with van der Waals surface area (Å²) in [6, 6.07) is 0. The first-order valence-electron chi connectivity index (χ1n) is 6.45. The molecule has 72 valence electrons. The van der Waals surface area contributed by atoms with Gasteiger partial charge in [0.25, 0.3) is 0 Å². The van der Waals surface area contributed by atoms with Crippen molar-refractivity contribution >= 4 is 0 Å². The zero-order chi connectivity index (χ0) is 8.93.